The minimum Gasteiger partial charge on any atom is -0.444 e. The van der Waals surface area contributed by atoms with Crippen molar-refractivity contribution in [2.24, 2.45) is 0 Å². The molecule has 0 bridgehead atoms. The van der Waals surface area contributed by atoms with Gasteiger partial charge in [0, 0.05) is 0 Å². The molecule has 2 atom stereocenters. The summed E-state index contributed by atoms with van der Waals surface area (Å²) in [6.07, 6.45) is -1.38. The van der Waals surface area contributed by atoms with Gasteiger partial charge in [-0.1, -0.05) is 48.5 Å². The van der Waals surface area contributed by atoms with Crippen molar-refractivity contribution in [2.75, 3.05) is 4.90 Å². The molecule has 0 saturated carbocycles. The van der Waals surface area contributed by atoms with Gasteiger partial charge in [0.2, 0.25) is 0 Å². The standard InChI is InChI=1S/C18H16N2O3/c19-11-17(21)16-10-14-8-4-5-9-15(14)20(16)18(22)23-12-13-6-2-1-3-7-13/h1-9,16-17,21H,10,12H2. The highest BCUT2D eigenvalue weighted by Crippen LogP contribution is 2.34. The molecule has 5 heteroatoms. The molecular formula is C18H16N2O3. The minimum atomic E-state index is -1.26. The first-order valence-electron chi connectivity index (χ1n) is 7.36. The Hall–Kier alpha value is -2.84. The number of aliphatic hydroxyl groups is 1. The zero-order chi connectivity index (χ0) is 16.2. The molecule has 1 aliphatic rings. The molecule has 0 radical (unpaired) electrons. The number of carbonyl (C=O) groups is 1. The predicted octanol–water partition coefficient (Wildman–Crippen LogP) is 2.64. The van der Waals surface area contributed by atoms with Crippen molar-refractivity contribution in [2.45, 2.75) is 25.2 Å². The van der Waals surface area contributed by atoms with E-state index >= 15 is 0 Å². The summed E-state index contributed by atoms with van der Waals surface area (Å²) < 4.78 is 5.36. The van der Waals surface area contributed by atoms with E-state index in [-0.39, 0.29) is 6.61 Å². The molecule has 1 aliphatic heterocycles. The van der Waals surface area contributed by atoms with Gasteiger partial charge in [-0.2, -0.15) is 5.26 Å². The molecule has 0 aromatic heterocycles. The molecule has 1 heterocycles. The van der Waals surface area contributed by atoms with Crippen LogP contribution in [-0.2, 0) is 17.8 Å². The van der Waals surface area contributed by atoms with Gasteiger partial charge < -0.3 is 9.84 Å². The van der Waals surface area contributed by atoms with Gasteiger partial charge in [-0.25, -0.2) is 4.79 Å². The zero-order valence-corrected chi connectivity index (χ0v) is 12.4. The first-order valence-corrected chi connectivity index (χ1v) is 7.36. The van der Waals surface area contributed by atoms with Crippen LogP contribution in [0.4, 0.5) is 10.5 Å². The van der Waals surface area contributed by atoms with E-state index in [4.69, 9.17) is 10.00 Å². The summed E-state index contributed by atoms with van der Waals surface area (Å²) in [6, 6.07) is 17.9. The normalized spacial score (nSPS) is 17.2. The topological polar surface area (TPSA) is 73.6 Å². The Labute approximate surface area is 134 Å². The van der Waals surface area contributed by atoms with Gasteiger partial charge in [0.05, 0.1) is 17.8 Å². The number of hydrogen-bond acceptors (Lipinski definition) is 4. The number of amides is 1. The Morgan fingerprint density at radius 1 is 1.26 bits per heavy atom. The van der Waals surface area contributed by atoms with E-state index in [2.05, 4.69) is 0 Å². The third kappa shape index (κ3) is 3.03. The smallest absolute Gasteiger partial charge is 0.415 e. The summed E-state index contributed by atoms with van der Waals surface area (Å²) in [5.41, 5.74) is 2.49. The number of hydrogen-bond donors (Lipinski definition) is 1. The third-order valence-corrected chi connectivity index (χ3v) is 3.91. The van der Waals surface area contributed by atoms with E-state index in [0.717, 1.165) is 11.1 Å². The van der Waals surface area contributed by atoms with Gasteiger partial charge >= 0.3 is 6.09 Å². The van der Waals surface area contributed by atoms with Crippen LogP contribution in [-0.4, -0.2) is 23.3 Å². The van der Waals surface area contributed by atoms with E-state index in [1.54, 1.807) is 12.1 Å². The molecule has 0 aliphatic carbocycles. The largest absolute Gasteiger partial charge is 0.444 e. The Morgan fingerprint density at radius 2 is 1.96 bits per heavy atom. The second kappa shape index (κ2) is 6.51. The molecule has 5 nitrogen and oxygen atoms in total. The number of ether oxygens (including phenoxy) is 1. The van der Waals surface area contributed by atoms with Gasteiger partial charge in [-0.15, -0.1) is 0 Å². The van der Waals surface area contributed by atoms with E-state index < -0.39 is 18.2 Å². The molecule has 2 aromatic rings. The minimum absolute atomic E-state index is 0.147. The van der Waals surface area contributed by atoms with Gasteiger partial charge in [0.25, 0.3) is 0 Å². The van der Waals surface area contributed by atoms with Crippen molar-refractivity contribution in [3.63, 3.8) is 0 Å². The van der Waals surface area contributed by atoms with Crippen LogP contribution in [0.25, 0.3) is 0 Å². The average molecular weight is 308 g/mol. The van der Waals surface area contributed by atoms with Gasteiger partial charge in [0.15, 0.2) is 6.10 Å². The quantitative estimate of drug-likeness (QED) is 0.885. The summed E-state index contributed by atoms with van der Waals surface area (Å²) in [7, 11) is 0. The Kier molecular flexibility index (Phi) is 4.26. The van der Waals surface area contributed by atoms with Gasteiger partial charge in [-0.3, -0.25) is 4.90 Å². The first kappa shape index (κ1) is 15.1. The fourth-order valence-corrected chi connectivity index (χ4v) is 2.78. The van der Waals surface area contributed by atoms with Crippen molar-refractivity contribution >= 4 is 11.8 Å². The zero-order valence-electron chi connectivity index (χ0n) is 12.4. The fraction of sp³-hybridized carbons (Fsp3) is 0.222. The Bertz CT molecular complexity index is 739. The molecule has 2 aromatic carbocycles. The SMILES string of the molecule is N#CC(O)C1Cc2ccccc2N1C(=O)OCc1ccccc1. The van der Waals surface area contributed by atoms with Crippen LogP contribution in [0, 0.1) is 11.3 Å². The Morgan fingerprint density at radius 3 is 2.70 bits per heavy atom. The second-order valence-electron chi connectivity index (χ2n) is 5.38. The van der Waals surface area contributed by atoms with Crippen molar-refractivity contribution < 1.29 is 14.6 Å². The number of fused-ring (bicyclic) bond motifs is 1. The van der Waals surface area contributed by atoms with Crippen molar-refractivity contribution in [1.82, 2.24) is 0 Å². The van der Waals surface area contributed by atoms with E-state index in [9.17, 15) is 9.90 Å². The highest BCUT2D eigenvalue weighted by Gasteiger charge is 2.39. The van der Waals surface area contributed by atoms with Crippen molar-refractivity contribution in [1.29, 1.82) is 5.26 Å². The molecule has 2 unspecified atom stereocenters. The maximum absolute atomic E-state index is 12.5. The van der Waals surface area contributed by atoms with Crippen LogP contribution in [0.15, 0.2) is 54.6 Å². The molecule has 1 amide bonds. The lowest BCUT2D eigenvalue weighted by Gasteiger charge is -2.25. The molecule has 0 fully saturated rings. The van der Waals surface area contributed by atoms with Gasteiger partial charge in [-0.05, 0) is 23.6 Å². The number of anilines is 1. The highest BCUT2D eigenvalue weighted by molar-refractivity contribution is 5.91. The number of rotatable bonds is 3. The molecule has 3 rings (SSSR count). The maximum Gasteiger partial charge on any atom is 0.415 e. The number of nitriles is 1. The average Bonchev–Trinajstić information content (AvgIpc) is 2.99. The van der Waals surface area contributed by atoms with E-state index in [1.807, 2.05) is 48.5 Å². The van der Waals surface area contributed by atoms with Crippen LogP contribution < -0.4 is 4.90 Å². The number of benzene rings is 2. The second-order valence-corrected chi connectivity index (χ2v) is 5.38. The summed E-state index contributed by atoms with van der Waals surface area (Å²) in [6.45, 7) is 0.147. The van der Waals surface area contributed by atoms with E-state index in [0.29, 0.717) is 12.1 Å². The summed E-state index contributed by atoms with van der Waals surface area (Å²) in [5.74, 6) is 0. The lowest BCUT2D eigenvalue weighted by Crippen LogP contribution is -2.44. The van der Waals surface area contributed by atoms with Crippen LogP contribution >= 0.6 is 0 Å². The molecule has 116 valence electrons. The number of nitrogens with zero attached hydrogens (tertiary/aromatic N) is 2. The number of aliphatic hydroxyl groups excluding tert-OH is 1. The maximum atomic E-state index is 12.5. The first-order chi connectivity index (χ1) is 11.2. The monoisotopic (exact) mass is 308 g/mol. The lowest BCUT2D eigenvalue weighted by atomic mass is 10.1. The molecule has 0 saturated heterocycles. The molecule has 23 heavy (non-hydrogen) atoms. The van der Waals surface area contributed by atoms with E-state index in [1.165, 1.54) is 4.90 Å². The van der Waals surface area contributed by atoms with Crippen LogP contribution in [0.1, 0.15) is 11.1 Å². The lowest BCUT2D eigenvalue weighted by molar-refractivity contribution is 0.135. The molecule has 0 spiro atoms. The third-order valence-electron chi connectivity index (χ3n) is 3.91. The molecular weight excluding hydrogens is 292 g/mol. The number of carbonyl (C=O) groups excluding carboxylic acids is 1. The summed E-state index contributed by atoms with van der Waals surface area (Å²) in [4.78, 5) is 13.9. The summed E-state index contributed by atoms with van der Waals surface area (Å²) >= 11 is 0. The fourth-order valence-electron chi connectivity index (χ4n) is 2.78. The van der Waals surface area contributed by atoms with Crippen LogP contribution in [0.5, 0.6) is 0 Å². The summed E-state index contributed by atoms with van der Waals surface area (Å²) in [5, 5.41) is 18.9. The van der Waals surface area contributed by atoms with Gasteiger partial charge in [0.1, 0.15) is 6.61 Å². The number of para-hydroxylation sites is 1. The van der Waals surface area contributed by atoms with Crippen molar-refractivity contribution in [3.8, 4) is 6.07 Å². The predicted molar refractivity (Wildman–Crippen MR) is 84.7 cm³/mol. The van der Waals surface area contributed by atoms with Crippen LogP contribution in [0.3, 0.4) is 0 Å². The van der Waals surface area contributed by atoms with Crippen LogP contribution in [0.2, 0.25) is 0 Å². The molecule has 1 N–H and O–H groups in total. The highest BCUT2D eigenvalue weighted by atomic mass is 16.6. The van der Waals surface area contributed by atoms with Crippen molar-refractivity contribution in [3.05, 3.63) is 65.7 Å². The Balaban J connectivity index is 1.80.